The van der Waals surface area contributed by atoms with Crippen LogP contribution < -0.4 is 14.8 Å². The molecule has 0 unspecified atom stereocenters. The molecule has 0 atom stereocenters. The Morgan fingerprint density at radius 2 is 1.92 bits per heavy atom. The lowest BCUT2D eigenvalue weighted by Gasteiger charge is -2.10. The topological polar surface area (TPSA) is 65.4 Å². The molecule has 1 N–H and O–H groups in total. The maximum Gasteiger partial charge on any atom is 0.258 e. The van der Waals surface area contributed by atoms with Gasteiger partial charge < -0.3 is 19.4 Å². The van der Waals surface area contributed by atoms with Crippen LogP contribution in [0.5, 0.6) is 11.5 Å². The highest BCUT2D eigenvalue weighted by molar-refractivity contribution is 5.77. The van der Waals surface area contributed by atoms with Gasteiger partial charge in [-0.15, -0.1) is 0 Å². The molecular formula is C20H21N3O3. The highest BCUT2D eigenvalue weighted by Gasteiger charge is 2.04. The number of aromatic nitrogens is 2. The molecule has 1 aromatic heterocycles. The second-order valence-electron chi connectivity index (χ2n) is 5.80. The van der Waals surface area contributed by atoms with E-state index in [0.29, 0.717) is 18.0 Å². The normalized spacial score (nSPS) is 10.3. The molecule has 0 aliphatic heterocycles. The second-order valence-corrected chi connectivity index (χ2v) is 5.80. The fourth-order valence-electron chi connectivity index (χ4n) is 2.52. The van der Waals surface area contributed by atoms with Crippen LogP contribution in [0.4, 0.5) is 0 Å². The van der Waals surface area contributed by atoms with E-state index < -0.39 is 0 Å². The van der Waals surface area contributed by atoms with Gasteiger partial charge in [0.2, 0.25) is 0 Å². The molecule has 26 heavy (non-hydrogen) atoms. The summed E-state index contributed by atoms with van der Waals surface area (Å²) in [5, 5.41) is 2.87. The number of methoxy groups -OCH3 is 1. The van der Waals surface area contributed by atoms with Crippen molar-refractivity contribution in [3.63, 3.8) is 0 Å². The lowest BCUT2D eigenvalue weighted by atomic mass is 10.1. The minimum atomic E-state index is -0.173. The first-order valence-electron chi connectivity index (χ1n) is 8.30. The standard InChI is InChI=1S/C20H21N3O3/c1-25-18-6-3-7-19(11-18)26-14-20(24)22-12-16-4-2-5-17(10-16)13-23-9-8-21-15-23/h2-11,15H,12-14H2,1H3,(H,22,24). The van der Waals surface area contributed by atoms with E-state index in [1.54, 1.807) is 31.8 Å². The zero-order valence-electron chi connectivity index (χ0n) is 14.6. The second kappa shape index (κ2) is 8.71. The fraction of sp³-hybridized carbons (Fsp3) is 0.200. The van der Waals surface area contributed by atoms with Crippen LogP contribution in [-0.2, 0) is 17.9 Å². The maximum absolute atomic E-state index is 12.0. The van der Waals surface area contributed by atoms with Crippen LogP contribution in [0.2, 0.25) is 0 Å². The van der Waals surface area contributed by atoms with Crippen LogP contribution in [0.3, 0.4) is 0 Å². The van der Waals surface area contributed by atoms with Crippen molar-refractivity contribution in [3.8, 4) is 11.5 Å². The predicted molar refractivity (Wildman–Crippen MR) is 98.1 cm³/mol. The molecule has 0 saturated heterocycles. The number of ether oxygens (including phenoxy) is 2. The Balaban J connectivity index is 1.48. The molecule has 1 heterocycles. The number of hydrogen-bond donors (Lipinski definition) is 1. The van der Waals surface area contributed by atoms with E-state index >= 15 is 0 Å². The fourth-order valence-corrected chi connectivity index (χ4v) is 2.52. The van der Waals surface area contributed by atoms with E-state index in [9.17, 15) is 4.79 Å². The minimum absolute atomic E-state index is 0.0398. The Bertz CT molecular complexity index is 847. The van der Waals surface area contributed by atoms with Gasteiger partial charge in [0.05, 0.1) is 13.4 Å². The van der Waals surface area contributed by atoms with Crippen LogP contribution in [-0.4, -0.2) is 29.2 Å². The number of carbonyl (C=O) groups is 1. The summed E-state index contributed by atoms with van der Waals surface area (Å²) < 4.78 is 12.6. The van der Waals surface area contributed by atoms with Crippen LogP contribution >= 0.6 is 0 Å². The summed E-state index contributed by atoms with van der Waals surface area (Å²) in [5.41, 5.74) is 2.19. The number of imidazole rings is 1. The number of nitrogens with zero attached hydrogens (tertiary/aromatic N) is 2. The Labute approximate surface area is 152 Å². The largest absolute Gasteiger partial charge is 0.497 e. The van der Waals surface area contributed by atoms with Gasteiger partial charge in [0.25, 0.3) is 5.91 Å². The van der Waals surface area contributed by atoms with Gasteiger partial charge in [-0.25, -0.2) is 4.98 Å². The molecule has 3 rings (SSSR count). The van der Waals surface area contributed by atoms with E-state index in [-0.39, 0.29) is 12.5 Å². The smallest absolute Gasteiger partial charge is 0.258 e. The molecule has 2 aromatic carbocycles. The van der Waals surface area contributed by atoms with Gasteiger partial charge in [-0.05, 0) is 23.3 Å². The van der Waals surface area contributed by atoms with Gasteiger partial charge in [0.15, 0.2) is 6.61 Å². The van der Waals surface area contributed by atoms with Crippen molar-refractivity contribution in [2.75, 3.05) is 13.7 Å². The average molecular weight is 351 g/mol. The van der Waals surface area contributed by atoms with Gasteiger partial charge in [-0.3, -0.25) is 4.79 Å². The molecule has 1 amide bonds. The molecule has 3 aromatic rings. The van der Waals surface area contributed by atoms with E-state index in [4.69, 9.17) is 9.47 Å². The molecular weight excluding hydrogens is 330 g/mol. The zero-order valence-corrected chi connectivity index (χ0v) is 14.6. The first-order valence-corrected chi connectivity index (χ1v) is 8.30. The molecule has 0 fully saturated rings. The minimum Gasteiger partial charge on any atom is -0.497 e. The van der Waals surface area contributed by atoms with Crippen LogP contribution in [0.15, 0.2) is 67.3 Å². The Kier molecular flexibility index (Phi) is 5.88. The Hall–Kier alpha value is -3.28. The van der Waals surface area contributed by atoms with Crippen LogP contribution in [0.25, 0.3) is 0 Å². The quantitative estimate of drug-likeness (QED) is 0.678. The maximum atomic E-state index is 12.0. The highest BCUT2D eigenvalue weighted by Crippen LogP contribution is 2.18. The monoisotopic (exact) mass is 351 g/mol. The van der Waals surface area contributed by atoms with Crippen molar-refractivity contribution in [3.05, 3.63) is 78.4 Å². The average Bonchev–Trinajstić information content (AvgIpc) is 3.18. The summed E-state index contributed by atoms with van der Waals surface area (Å²) in [4.78, 5) is 16.0. The van der Waals surface area contributed by atoms with E-state index in [2.05, 4.69) is 22.4 Å². The number of rotatable bonds is 8. The van der Waals surface area contributed by atoms with E-state index in [0.717, 1.165) is 17.7 Å². The summed E-state index contributed by atoms with van der Waals surface area (Å²) in [6, 6.07) is 15.3. The van der Waals surface area contributed by atoms with Crippen LogP contribution in [0.1, 0.15) is 11.1 Å². The molecule has 0 spiro atoms. The molecule has 0 saturated carbocycles. The predicted octanol–water partition coefficient (Wildman–Crippen LogP) is 2.64. The Morgan fingerprint density at radius 3 is 2.73 bits per heavy atom. The molecule has 0 radical (unpaired) electrons. The van der Waals surface area contributed by atoms with E-state index in [1.165, 1.54) is 0 Å². The van der Waals surface area contributed by atoms with Crippen molar-refractivity contribution in [2.24, 2.45) is 0 Å². The third kappa shape index (κ3) is 5.11. The lowest BCUT2D eigenvalue weighted by molar-refractivity contribution is -0.123. The highest BCUT2D eigenvalue weighted by atomic mass is 16.5. The molecule has 6 nitrogen and oxygen atoms in total. The van der Waals surface area contributed by atoms with Crippen molar-refractivity contribution >= 4 is 5.91 Å². The van der Waals surface area contributed by atoms with Crippen LogP contribution in [0, 0.1) is 0 Å². The number of amides is 1. The summed E-state index contributed by atoms with van der Waals surface area (Å²) in [6.07, 6.45) is 5.46. The molecule has 0 aliphatic carbocycles. The van der Waals surface area contributed by atoms with Gasteiger partial charge in [0, 0.05) is 31.5 Å². The third-order valence-corrected chi connectivity index (χ3v) is 3.82. The Morgan fingerprint density at radius 1 is 1.12 bits per heavy atom. The van der Waals surface area contributed by atoms with Gasteiger partial charge >= 0.3 is 0 Å². The molecule has 6 heteroatoms. The van der Waals surface area contributed by atoms with Gasteiger partial charge in [-0.1, -0.05) is 30.3 Å². The summed E-state index contributed by atoms with van der Waals surface area (Å²) in [5.74, 6) is 1.12. The zero-order chi connectivity index (χ0) is 18.2. The molecule has 0 aliphatic rings. The number of hydrogen-bond acceptors (Lipinski definition) is 4. The van der Waals surface area contributed by atoms with Crippen molar-refractivity contribution in [1.82, 2.24) is 14.9 Å². The first-order chi connectivity index (χ1) is 12.7. The summed E-state index contributed by atoms with van der Waals surface area (Å²) in [7, 11) is 1.59. The molecule has 134 valence electrons. The third-order valence-electron chi connectivity index (χ3n) is 3.82. The van der Waals surface area contributed by atoms with Crippen molar-refractivity contribution in [1.29, 1.82) is 0 Å². The lowest BCUT2D eigenvalue weighted by Crippen LogP contribution is -2.28. The van der Waals surface area contributed by atoms with Gasteiger partial charge in [-0.2, -0.15) is 0 Å². The number of carbonyl (C=O) groups excluding carboxylic acids is 1. The summed E-state index contributed by atoms with van der Waals surface area (Å²) >= 11 is 0. The number of benzene rings is 2. The summed E-state index contributed by atoms with van der Waals surface area (Å²) in [6.45, 7) is 1.17. The molecule has 0 bridgehead atoms. The van der Waals surface area contributed by atoms with E-state index in [1.807, 2.05) is 35.0 Å². The van der Waals surface area contributed by atoms with Crippen molar-refractivity contribution in [2.45, 2.75) is 13.1 Å². The SMILES string of the molecule is COc1cccc(OCC(=O)NCc2cccc(Cn3ccnc3)c2)c1. The van der Waals surface area contributed by atoms with Crippen molar-refractivity contribution < 1.29 is 14.3 Å². The van der Waals surface area contributed by atoms with Gasteiger partial charge in [0.1, 0.15) is 11.5 Å². The first kappa shape index (κ1) is 17.5. The number of nitrogens with one attached hydrogen (secondary N) is 1.